The van der Waals surface area contributed by atoms with Gasteiger partial charge in [0.1, 0.15) is 0 Å². The van der Waals surface area contributed by atoms with E-state index in [9.17, 15) is 4.79 Å². The number of nitrogens with one attached hydrogen (secondary N) is 1. The maximum atomic E-state index is 12.1. The fourth-order valence-corrected chi connectivity index (χ4v) is 3.55. The van der Waals surface area contributed by atoms with Crippen molar-refractivity contribution in [2.24, 2.45) is 7.05 Å². The van der Waals surface area contributed by atoms with Crippen molar-refractivity contribution in [3.8, 4) is 0 Å². The lowest BCUT2D eigenvalue weighted by atomic mass is 9.94. The molecule has 0 bridgehead atoms. The van der Waals surface area contributed by atoms with E-state index in [-0.39, 0.29) is 17.6 Å². The van der Waals surface area contributed by atoms with Crippen molar-refractivity contribution >= 4 is 40.9 Å². The van der Waals surface area contributed by atoms with E-state index in [2.05, 4.69) is 27.8 Å². The molecule has 0 aliphatic carbocycles. The van der Waals surface area contributed by atoms with Gasteiger partial charge in [0.25, 0.3) is 0 Å². The van der Waals surface area contributed by atoms with Crippen LogP contribution in [-0.2, 0) is 11.8 Å². The van der Waals surface area contributed by atoms with Crippen molar-refractivity contribution in [3.05, 3.63) is 33.8 Å². The molecule has 24 heavy (non-hydrogen) atoms. The lowest BCUT2D eigenvalue weighted by Crippen LogP contribution is -2.30. The van der Waals surface area contributed by atoms with Crippen LogP contribution in [0.5, 0.6) is 0 Å². The van der Waals surface area contributed by atoms with Crippen LogP contribution in [0.4, 0.5) is 0 Å². The minimum absolute atomic E-state index is 0.0609. The van der Waals surface area contributed by atoms with Crippen molar-refractivity contribution in [3.63, 3.8) is 0 Å². The Hall–Kier alpha value is -1.31. The second-order valence-electron chi connectivity index (χ2n) is 5.33. The normalized spacial score (nSPS) is 12.2. The molecule has 1 aromatic carbocycles. The van der Waals surface area contributed by atoms with Crippen LogP contribution in [0, 0.1) is 0 Å². The summed E-state index contributed by atoms with van der Waals surface area (Å²) in [6, 6.07) is 5.49. The van der Waals surface area contributed by atoms with E-state index in [4.69, 9.17) is 23.2 Å². The predicted molar refractivity (Wildman–Crippen MR) is 96.6 cm³/mol. The molecule has 0 aliphatic rings. The van der Waals surface area contributed by atoms with E-state index in [0.29, 0.717) is 21.7 Å². The molecule has 6 nitrogen and oxygen atoms in total. The predicted octanol–water partition coefficient (Wildman–Crippen LogP) is 3.31. The Balaban J connectivity index is 1.91. The Bertz CT molecular complexity index is 694. The van der Waals surface area contributed by atoms with E-state index >= 15 is 0 Å². The second kappa shape index (κ2) is 9.25. The van der Waals surface area contributed by atoms with Crippen LogP contribution in [0.1, 0.15) is 31.2 Å². The molecular formula is C15H19Cl2N5OS. The summed E-state index contributed by atoms with van der Waals surface area (Å²) in [5.74, 6) is 0.362. The molecule has 0 aliphatic heterocycles. The highest BCUT2D eigenvalue weighted by atomic mass is 35.5. The number of aryl methyl sites for hydroxylation is 1. The fraction of sp³-hybridized carbons (Fsp3) is 0.467. The molecule has 1 heterocycles. The minimum Gasteiger partial charge on any atom is -0.355 e. The molecule has 130 valence electrons. The average molecular weight is 388 g/mol. The van der Waals surface area contributed by atoms with Crippen molar-refractivity contribution in [1.29, 1.82) is 0 Å². The maximum Gasteiger partial charge on any atom is 0.230 e. The number of amides is 1. The molecule has 0 fully saturated rings. The first-order chi connectivity index (χ1) is 11.5. The number of tetrazole rings is 1. The molecule has 2 rings (SSSR count). The molecule has 1 amide bonds. The average Bonchev–Trinajstić information content (AvgIpc) is 2.95. The molecular weight excluding hydrogens is 369 g/mol. The highest BCUT2D eigenvalue weighted by Crippen LogP contribution is 2.30. The van der Waals surface area contributed by atoms with Gasteiger partial charge in [-0.05, 0) is 34.5 Å². The third-order valence-electron chi connectivity index (χ3n) is 3.50. The number of thioether (sulfide) groups is 1. The zero-order chi connectivity index (χ0) is 17.5. The van der Waals surface area contributed by atoms with Gasteiger partial charge in [0.05, 0.1) is 5.75 Å². The molecule has 0 spiro atoms. The van der Waals surface area contributed by atoms with Crippen molar-refractivity contribution < 1.29 is 4.79 Å². The van der Waals surface area contributed by atoms with Crippen LogP contribution in [0.2, 0.25) is 10.0 Å². The van der Waals surface area contributed by atoms with Crippen molar-refractivity contribution in [2.45, 2.75) is 30.8 Å². The van der Waals surface area contributed by atoms with Gasteiger partial charge in [-0.15, -0.1) is 5.10 Å². The SMILES string of the molecule is CCC[C@@H](CNC(=O)CSc1nnnn1C)c1ccc(Cl)cc1Cl. The number of carbonyl (C=O) groups is 1. The van der Waals surface area contributed by atoms with Gasteiger partial charge in [-0.2, -0.15) is 0 Å². The van der Waals surface area contributed by atoms with E-state index in [1.54, 1.807) is 13.1 Å². The summed E-state index contributed by atoms with van der Waals surface area (Å²) in [6.07, 6.45) is 1.93. The number of halogens is 2. The fourth-order valence-electron chi connectivity index (χ4n) is 2.31. The van der Waals surface area contributed by atoms with Gasteiger partial charge in [0.15, 0.2) is 0 Å². The first-order valence-corrected chi connectivity index (χ1v) is 9.32. The molecule has 2 aromatic rings. The standard InChI is InChI=1S/C15H19Cl2N5OS/c1-3-4-10(12-6-5-11(16)7-13(12)17)8-18-14(23)9-24-15-19-20-21-22(15)2/h5-7,10H,3-4,8-9H2,1-2H3,(H,18,23)/t10-/m0/s1. The number of carbonyl (C=O) groups excluding carboxylic acids is 1. The van der Waals surface area contributed by atoms with Crippen LogP contribution in [-0.4, -0.2) is 38.4 Å². The summed E-state index contributed by atoms with van der Waals surface area (Å²) >= 11 is 13.5. The third kappa shape index (κ3) is 5.36. The first kappa shape index (κ1) is 19.0. The van der Waals surface area contributed by atoms with E-state index in [0.717, 1.165) is 18.4 Å². The lowest BCUT2D eigenvalue weighted by molar-refractivity contribution is -0.118. The first-order valence-electron chi connectivity index (χ1n) is 7.58. The van der Waals surface area contributed by atoms with Gasteiger partial charge in [0.2, 0.25) is 11.1 Å². The van der Waals surface area contributed by atoms with Crippen molar-refractivity contribution in [2.75, 3.05) is 12.3 Å². The third-order valence-corrected chi connectivity index (χ3v) is 5.07. The Morgan fingerprint density at radius 2 is 2.21 bits per heavy atom. The summed E-state index contributed by atoms with van der Waals surface area (Å²) in [5.41, 5.74) is 1.01. The maximum absolute atomic E-state index is 12.1. The summed E-state index contributed by atoms with van der Waals surface area (Å²) in [5, 5.41) is 15.9. The Kier molecular flexibility index (Phi) is 7.33. The number of nitrogens with zero attached hydrogens (tertiary/aromatic N) is 4. The van der Waals surface area contributed by atoms with Crippen LogP contribution in [0.25, 0.3) is 0 Å². The van der Waals surface area contributed by atoms with Crippen LogP contribution < -0.4 is 5.32 Å². The van der Waals surface area contributed by atoms with Gasteiger partial charge in [-0.1, -0.05) is 54.4 Å². The highest BCUT2D eigenvalue weighted by molar-refractivity contribution is 7.99. The van der Waals surface area contributed by atoms with Crippen LogP contribution in [0.3, 0.4) is 0 Å². The Morgan fingerprint density at radius 3 is 2.83 bits per heavy atom. The number of hydrogen-bond acceptors (Lipinski definition) is 5. The van der Waals surface area contributed by atoms with E-state index in [1.807, 2.05) is 12.1 Å². The summed E-state index contributed by atoms with van der Waals surface area (Å²) in [7, 11) is 1.74. The molecule has 0 unspecified atom stereocenters. The van der Waals surface area contributed by atoms with Gasteiger partial charge in [0, 0.05) is 29.6 Å². The van der Waals surface area contributed by atoms with Crippen LogP contribution in [0.15, 0.2) is 23.4 Å². The quantitative estimate of drug-likeness (QED) is 0.703. The molecule has 9 heteroatoms. The summed E-state index contributed by atoms with van der Waals surface area (Å²) in [4.78, 5) is 12.1. The lowest BCUT2D eigenvalue weighted by Gasteiger charge is -2.19. The zero-order valence-electron chi connectivity index (χ0n) is 13.5. The second-order valence-corrected chi connectivity index (χ2v) is 7.12. The number of rotatable bonds is 8. The number of aromatic nitrogens is 4. The van der Waals surface area contributed by atoms with Gasteiger partial charge in [-0.3, -0.25) is 4.79 Å². The largest absolute Gasteiger partial charge is 0.355 e. The van der Waals surface area contributed by atoms with E-state index < -0.39 is 0 Å². The molecule has 0 saturated carbocycles. The van der Waals surface area contributed by atoms with Gasteiger partial charge in [-0.25, -0.2) is 4.68 Å². The molecule has 1 N–H and O–H groups in total. The Morgan fingerprint density at radius 1 is 1.42 bits per heavy atom. The topological polar surface area (TPSA) is 72.7 Å². The van der Waals surface area contributed by atoms with E-state index in [1.165, 1.54) is 16.4 Å². The smallest absolute Gasteiger partial charge is 0.230 e. The number of hydrogen-bond donors (Lipinski definition) is 1. The highest BCUT2D eigenvalue weighted by Gasteiger charge is 2.16. The van der Waals surface area contributed by atoms with Gasteiger partial charge < -0.3 is 5.32 Å². The van der Waals surface area contributed by atoms with Gasteiger partial charge >= 0.3 is 0 Å². The molecule has 0 saturated heterocycles. The summed E-state index contributed by atoms with van der Waals surface area (Å²) < 4.78 is 1.53. The van der Waals surface area contributed by atoms with Crippen molar-refractivity contribution in [1.82, 2.24) is 25.5 Å². The molecule has 0 radical (unpaired) electrons. The molecule has 1 aromatic heterocycles. The monoisotopic (exact) mass is 387 g/mol. The Labute approximate surface area is 155 Å². The zero-order valence-corrected chi connectivity index (χ0v) is 15.8. The minimum atomic E-state index is -0.0609. The summed E-state index contributed by atoms with van der Waals surface area (Å²) in [6.45, 7) is 2.64. The van der Waals surface area contributed by atoms with Crippen LogP contribution >= 0.6 is 35.0 Å². The number of benzene rings is 1. The molecule has 1 atom stereocenters.